The predicted molar refractivity (Wildman–Crippen MR) is 122 cm³/mol. The number of carbonyl (C=O) groups is 1. The first-order valence-electron chi connectivity index (χ1n) is 11.4. The third-order valence-electron chi connectivity index (χ3n) is 5.48. The van der Waals surface area contributed by atoms with Gasteiger partial charge in [0, 0.05) is 12.0 Å². The first-order chi connectivity index (χ1) is 14.7. The van der Waals surface area contributed by atoms with Crippen LogP contribution in [-0.2, 0) is 33.2 Å². The Labute approximate surface area is 193 Å². The maximum absolute atomic E-state index is 13.2. The van der Waals surface area contributed by atoms with Crippen LogP contribution in [0.2, 0.25) is 19.6 Å². The van der Waals surface area contributed by atoms with Crippen LogP contribution in [0.25, 0.3) is 0 Å². The molecule has 3 aliphatic rings. The van der Waals surface area contributed by atoms with Gasteiger partial charge >= 0.3 is 5.97 Å². The summed E-state index contributed by atoms with van der Waals surface area (Å²) in [4.78, 5) is 13.2. The number of hydrogen-bond acceptors (Lipinski definition) is 7. The summed E-state index contributed by atoms with van der Waals surface area (Å²) in [6.07, 6.45) is -1.59. The van der Waals surface area contributed by atoms with Gasteiger partial charge in [-0.05, 0) is 48.0 Å². The van der Waals surface area contributed by atoms with Crippen LogP contribution in [0.5, 0.6) is 0 Å². The standard InChI is InChI=1S/C24H38O7Si/c1-15(2)16(12-10-11-13-32(7,8)9)21(25)27-19-18(17-14-26-23(3,4)29-17)28-22-20(19)30-24(5,6)31-22/h17-20,22H,10,12,14H2,1-9H3/t17-,18+,19-,20-,22-/m1/s1. The number of hydrogen-bond donors (Lipinski definition) is 0. The van der Waals surface area contributed by atoms with E-state index in [0.717, 1.165) is 5.57 Å². The number of esters is 1. The second-order valence-electron chi connectivity index (χ2n) is 10.8. The first kappa shape index (κ1) is 25.4. The quantitative estimate of drug-likeness (QED) is 0.263. The number of allylic oxidation sites excluding steroid dienone is 1. The lowest BCUT2D eigenvalue weighted by atomic mass is 10.0. The fraction of sp³-hybridized carbons (Fsp3) is 0.792. The molecule has 0 aromatic carbocycles. The second kappa shape index (κ2) is 9.20. The summed E-state index contributed by atoms with van der Waals surface area (Å²) >= 11 is 0. The second-order valence-corrected chi connectivity index (χ2v) is 15.6. The normalized spacial score (nSPS) is 32.7. The van der Waals surface area contributed by atoms with Crippen molar-refractivity contribution in [2.75, 3.05) is 6.61 Å². The van der Waals surface area contributed by atoms with Crippen molar-refractivity contribution in [1.29, 1.82) is 0 Å². The lowest BCUT2D eigenvalue weighted by Crippen LogP contribution is -2.45. The van der Waals surface area contributed by atoms with Crippen LogP contribution in [0.15, 0.2) is 11.1 Å². The zero-order valence-corrected chi connectivity index (χ0v) is 21.9. The molecule has 3 fully saturated rings. The summed E-state index contributed by atoms with van der Waals surface area (Å²) in [5, 5.41) is 0. The van der Waals surface area contributed by atoms with E-state index in [-0.39, 0.29) is 12.1 Å². The van der Waals surface area contributed by atoms with Crippen molar-refractivity contribution < 1.29 is 33.2 Å². The molecule has 32 heavy (non-hydrogen) atoms. The van der Waals surface area contributed by atoms with Crippen molar-refractivity contribution in [3.63, 3.8) is 0 Å². The minimum Gasteiger partial charge on any atom is -0.453 e. The summed E-state index contributed by atoms with van der Waals surface area (Å²) in [7, 11) is -1.44. The Bertz CT molecular complexity index is 810. The van der Waals surface area contributed by atoms with Gasteiger partial charge < -0.3 is 28.4 Å². The molecular formula is C24H38O7Si. The molecule has 0 bridgehead atoms. The summed E-state index contributed by atoms with van der Waals surface area (Å²) in [5.74, 6) is 1.33. The smallest absolute Gasteiger partial charge is 0.334 e. The molecule has 8 heteroatoms. The highest BCUT2D eigenvalue weighted by atomic mass is 28.3. The Kier molecular flexibility index (Phi) is 7.31. The Balaban J connectivity index is 1.74. The highest BCUT2D eigenvalue weighted by Crippen LogP contribution is 2.42. The maximum atomic E-state index is 13.2. The largest absolute Gasteiger partial charge is 0.453 e. The number of ether oxygens (including phenoxy) is 6. The Morgan fingerprint density at radius 1 is 1.03 bits per heavy atom. The van der Waals surface area contributed by atoms with Crippen molar-refractivity contribution in [3.8, 4) is 11.5 Å². The van der Waals surface area contributed by atoms with Crippen LogP contribution in [0.4, 0.5) is 0 Å². The van der Waals surface area contributed by atoms with E-state index in [9.17, 15) is 4.79 Å². The Morgan fingerprint density at radius 3 is 2.28 bits per heavy atom. The Morgan fingerprint density at radius 2 is 1.72 bits per heavy atom. The topological polar surface area (TPSA) is 72.5 Å². The van der Waals surface area contributed by atoms with Gasteiger partial charge in [-0.2, -0.15) is 0 Å². The highest BCUT2D eigenvalue weighted by molar-refractivity contribution is 6.83. The average Bonchev–Trinajstić information content (AvgIpc) is 3.23. The van der Waals surface area contributed by atoms with Gasteiger partial charge in [-0.3, -0.25) is 0 Å². The monoisotopic (exact) mass is 466 g/mol. The molecule has 0 aromatic heterocycles. The van der Waals surface area contributed by atoms with Crippen LogP contribution >= 0.6 is 0 Å². The Hall–Kier alpha value is -1.21. The third-order valence-corrected chi connectivity index (χ3v) is 6.41. The van der Waals surface area contributed by atoms with Crippen LogP contribution < -0.4 is 0 Å². The van der Waals surface area contributed by atoms with E-state index >= 15 is 0 Å². The molecular weight excluding hydrogens is 428 g/mol. The van der Waals surface area contributed by atoms with E-state index < -0.39 is 44.3 Å². The molecule has 7 nitrogen and oxygen atoms in total. The van der Waals surface area contributed by atoms with Gasteiger partial charge in [0.15, 0.2) is 30.1 Å². The molecule has 0 N–H and O–H groups in total. The summed E-state index contributed by atoms with van der Waals surface area (Å²) in [5.41, 5.74) is 4.90. The molecule has 0 aliphatic carbocycles. The van der Waals surface area contributed by atoms with Crippen molar-refractivity contribution in [2.24, 2.45) is 0 Å². The fourth-order valence-corrected chi connectivity index (χ4v) is 4.74. The van der Waals surface area contributed by atoms with Crippen molar-refractivity contribution in [3.05, 3.63) is 11.1 Å². The van der Waals surface area contributed by atoms with Gasteiger partial charge in [0.1, 0.15) is 20.3 Å². The van der Waals surface area contributed by atoms with Crippen LogP contribution in [0, 0.1) is 11.5 Å². The van der Waals surface area contributed by atoms with E-state index in [2.05, 4.69) is 31.1 Å². The van der Waals surface area contributed by atoms with Crippen molar-refractivity contribution in [1.82, 2.24) is 0 Å². The molecule has 3 aliphatic heterocycles. The van der Waals surface area contributed by atoms with E-state index in [1.54, 1.807) is 0 Å². The molecule has 180 valence electrons. The van der Waals surface area contributed by atoms with E-state index in [0.29, 0.717) is 25.0 Å². The zero-order chi connectivity index (χ0) is 23.9. The number of rotatable bonds is 5. The molecule has 0 aromatic rings. The summed E-state index contributed by atoms with van der Waals surface area (Å²) < 4.78 is 35.8. The summed E-state index contributed by atoms with van der Waals surface area (Å²) in [6, 6.07) is 0. The average molecular weight is 467 g/mol. The lowest BCUT2D eigenvalue weighted by Gasteiger charge is -2.29. The lowest BCUT2D eigenvalue weighted by molar-refractivity contribution is -0.235. The molecule has 3 saturated heterocycles. The maximum Gasteiger partial charge on any atom is 0.334 e. The van der Waals surface area contributed by atoms with Crippen LogP contribution in [0.3, 0.4) is 0 Å². The van der Waals surface area contributed by atoms with E-state index in [4.69, 9.17) is 28.4 Å². The summed E-state index contributed by atoms with van der Waals surface area (Å²) in [6.45, 7) is 18.1. The highest BCUT2D eigenvalue weighted by Gasteiger charge is 2.60. The molecule has 0 unspecified atom stereocenters. The SMILES string of the molecule is CC(C)=C(CCC#C[Si](C)(C)C)C(=O)O[C@@H]1[C@H]([C@H]2COC(C)(C)O2)O[C@@H]2OC(C)(C)O[C@@H]21. The number of carbonyl (C=O) groups excluding carboxylic acids is 1. The molecule has 3 rings (SSSR count). The van der Waals surface area contributed by atoms with Gasteiger partial charge in [0.2, 0.25) is 0 Å². The third kappa shape index (κ3) is 6.22. The van der Waals surface area contributed by atoms with Gasteiger partial charge in [-0.25, -0.2) is 4.79 Å². The van der Waals surface area contributed by atoms with Gasteiger partial charge in [0.05, 0.1) is 6.61 Å². The van der Waals surface area contributed by atoms with Crippen molar-refractivity contribution >= 4 is 14.0 Å². The molecule has 0 spiro atoms. The van der Waals surface area contributed by atoms with E-state index in [1.165, 1.54) is 0 Å². The zero-order valence-electron chi connectivity index (χ0n) is 20.9. The fourth-order valence-electron chi connectivity index (χ4n) is 4.08. The van der Waals surface area contributed by atoms with Crippen LogP contribution in [0.1, 0.15) is 54.4 Å². The van der Waals surface area contributed by atoms with Crippen LogP contribution in [-0.4, -0.2) is 62.9 Å². The minimum atomic E-state index is -1.44. The molecule has 3 heterocycles. The minimum absolute atomic E-state index is 0.344. The van der Waals surface area contributed by atoms with Gasteiger partial charge in [-0.1, -0.05) is 25.2 Å². The number of fused-ring (bicyclic) bond motifs is 1. The van der Waals surface area contributed by atoms with Gasteiger partial charge in [-0.15, -0.1) is 11.5 Å². The predicted octanol–water partition coefficient (Wildman–Crippen LogP) is 3.92. The first-order valence-corrected chi connectivity index (χ1v) is 14.9. The molecule has 5 atom stereocenters. The van der Waals surface area contributed by atoms with E-state index in [1.807, 2.05) is 41.5 Å². The van der Waals surface area contributed by atoms with Gasteiger partial charge in [0.25, 0.3) is 0 Å². The molecule has 0 amide bonds. The van der Waals surface area contributed by atoms with Crippen molar-refractivity contribution in [2.45, 2.75) is 116 Å². The molecule has 0 radical (unpaired) electrons. The molecule has 0 saturated carbocycles.